The molecule has 1 aromatic carbocycles. The molecule has 0 heterocycles. The van der Waals surface area contributed by atoms with Gasteiger partial charge >= 0.3 is 0 Å². The van der Waals surface area contributed by atoms with Crippen molar-refractivity contribution >= 4 is 33.4 Å². The second-order valence-corrected chi connectivity index (χ2v) is 7.00. The number of hydrogen-bond donors (Lipinski definition) is 3. The highest BCUT2D eigenvalue weighted by Crippen LogP contribution is 2.30. The van der Waals surface area contributed by atoms with E-state index in [9.17, 15) is 9.59 Å². The van der Waals surface area contributed by atoms with Crippen LogP contribution in [0, 0.1) is 18.8 Å². The summed E-state index contributed by atoms with van der Waals surface area (Å²) in [5.41, 5.74) is 7.49. The number of amides is 2. The van der Waals surface area contributed by atoms with E-state index in [0.29, 0.717) is 13.1 Å². The highest BCUT2D eigenvalue weighted by Gasteiger charge is 2.31. The zero-order valence-electron chi connectivity index (χ0n) is 13.4. The Bertz CT molecular complexity index is 577. The van der Waals surface area contributed by atoms with Gasteiger partial charge in [-0.15, -0.1) is 0 Å². The molecular weight excluding hydrogens is 358 g/mol. The molecule has 2 atom stereocenters. The third-order valence-corrected chi connectivity index (χ3v) is 4.91. The third kappa shape index (κ3) is 5.04. The van der Waals surface area contributed by atoms with E-state index in [1.54, 1.807) is 0 Å². The van der Waals surface area contributed by atoms with Crippen molar-refractivity contribution < 1.29 is 9.59 Å². The summed E-state index contributed by atoms with van der Waals surface area (Å²) in [6, 6.07) is 5.70. The van der Waals surface area contributed by atoms with Crippen molar-refractivity contribution in [1.29, 1.82) is 0 Å². The van der Waals surface area contributed by atoms with Gasteiger partial charge in [0.2, 0.25) is 11.8 Å². The number of benzene rings is 1. The van der Waals surface area contributed by atoms with Crippen molar-refractivity contribution in [3.05, 3.63) is 28.2 Å². The van der Waals surface area contributed by atoms with Gasteiger partial charge in [-0.1, -0.05) is 22.4 Å². The number of aryl methyl sites for hydroxylation is 1. The fourth-order valence-corrected chi connectivity index (χ4v) is 3.55. The summed E-state index contributed by atoms with van der Waals surface area (Å²) in [5, 5.41) is 5.74. The number of carbonyl (C=O) groups excluding carboxylic acids is 2. The monoisotopic (exact) mass is 381 g/mol. The quantitative estimate of drug-likeness (QED) is 0.707. The standard InChI is InChI=1S/C17H24BrN3O2/c1-11-9-13(18)5-6-15(11)21-16(22)7-8-20-17(23)14-4-2-3-12(14)10-19/h5-6,9,12,14H,2-4,7-8,10,19H2,1H3,(H,20,23)(H,21,22)/t12-,14-/m1/s1. The number of halogens is 1. The summed E-state index contributed by atoms with van der Waals surface area (Å²) in [7, 11) is 0. The predicted molar refractivity (Wildman–Crippen MR) is 95.0 cm³/mol. The molecule has 1 aromatic rings. The van der Waals surface area contributed by atoms with E-state index in [1.807, 2.05) is 25.1 Å². The lowest BCUT2D eigenvalue weighted by Crippen LogP contribution is -2.36. The SMILES string of the molecule is Cc1cc(Br)ccc1NC(=O)CCNC(=O)[C@@H]1CCC[C@@H]1CN. The Morgan fingerprint density at radius 2 is 2.13 bits per heavy atom. The van der Waals surface area contributed by atoms with Crippen molar-refractivity contribution in [2.75, 3.05) is 18.4 Å². The van der Waals surface area contributed by atoms with Gasteiger partial charge in [0.25, 0.3) is 0 Å². The molecule has 1 aliphatic carbocycles. The van der Waals surface area contributed by atoms with E-state index in [-0.39, 0.29) is 30.1 Å². The van der Waals surface area contributed by atoms with Crippen LogP contribution in [0.25, 0.3) is 0 Å². The van der Waals surface area contributed by atoms with Crippen molar-refractivity contribution in [2.45, 2.75) is 32.6 Å². The molecule has 1 aliphatic rings. The molecular formula is C17H24BrN3O2. The molecule has 2 amide bonds. The number of nitrogens with two attached hydrogens (primary N) is 1. The summed E-state index contributed by atoms with van der Waals surface area (Å²) >= 11 is 3.39. The van der Waals surface area contributed by atoms with Gasteiger partial charge in [-0.05, 0) is 56.0 Å². The van der Waals surface area contributed by atoms with Gasteiger partial charge < -0.3 is 16.4 Å². The van der Waals surface area contributed by atoms with Crippen LogP contribution in [-0.4, -0.2) is 24.9 Å². The molecule has 0 bridgehead atoms. The second kappa shape index (κ2) is 8.45. The van der Waals surface area contributed by atoms with Crippen molar-refractivity contribution in [2.24, 2.45) is 17.6 Å². The Hall–Kier alpha value is -1.40. The van der Waals surface area contributed by atoms with Crippen LogP contribution in [0.5, 0.6) is 0 Å². The van der Waals surface area contributed by atoms with Gasteiger partial charge in [-0.2, -0.15) is 0 Å². The van der Waals surface area contributed by atoms with Crippen LogP contribution in [0.3, 0.4) is 0 Å². The number of hydrogen-bond acceptors (Lipinski definition) is 3. The van der Waals surface area contributed by atoms with Crippen LogP contribution in [0.1, 0.15) is 31.2 Å². The van der Waals surface area contributed by atoms with Gasteiger partial charge in [0, 0.05) is 29.0 Å². The smallest absolute Gasteiger partial charge is 0.226 e. The fraction of sp³-hybridized carbons (Fsp3) is 0.529. The van der Waals surface area contributed by atoms with Crippen molar-refractivity contribution in [1.82, 2.24) is 5.32 Å². The molecule has 5 nitrogen and oxygen atoms in total. The third-order valence-electron chi connectivity index (χ3n) is 4.41. The van der Waals surface area contributed by atoms with Gasteiger partial charge in [-0.3, -0.25) is 9.59 Å². The molecule has 6 heteroatoms. The van der Waals surface area contributed by atoms with E-state index in [4.69, 9.17) is 5.73 Å². The zero-order chi connectivity index (χ0) is 16.8. The highest BCUT2D eigenvalue weighted by molar-refractivity contribution is 9.10. The predicted octanol–water partition coefficient (Wildman–Crippen LogP) is 2.58. The molecule has 1 saturated carbocycles. The molecule has 0 unspecified atom stereocenters. The Kier molecular flexibility index (Phi) is 6.59. The van der Waals surface area contributed by atoms with Gasteiger partial charge in [0.05, 0.1) is 0 Å². The van der Waals surface area contributed by atoms with Gasteiger partial charge in [0.1, 0.15) is 0 Å². The van der Waals surface area contributed by atoms with Crippen LogP contribution < -0.4 is 16.4 Å². The first-order chi connectivity index (χ1) is 11.0. The Morgan fingerprint density at radius 3 is 2.83 bits per heavy atom. The number of anilines is 1. The second-order valence-electron chi connectivity index (χ2n) is 6.08. The number of rotatable bonds is 6. The summed E-state index contributed by atoms with van der Waals surface area (Å²) in [6.07, 6.45) is 3.25. The summed E-state index contributed by atoms with van der Waals surface area (Å²) in [6.45, 7) is 2.85. The molecule has 1 fully saturated rings. The lowest BCUT2D eigenvalue weighted by Gasteiger charge is -2.17. The van der Waals surface area contributed by atoms with E-state index >= 15 is 0 Å². The van der Waals surface area contributed by atoms with Crippen molar-refractivity contribution in [3.8, 4) is 0 Å². The first-order valence-electron chi connectivity index (χ1n) is 8.05. The fourth-order valence-electron chi connectivity index (χ4n) is 3.07. The zero-order valence-corrected chi connectivity index (χ0v) is 15.0. The normalized spacial score (nSPS) is 20.3. The minimum atomic E-state index is -0.0995. The maximum Gasteiger partial charge on any atom is 0.226 e. The highest BCUT2D eigenvalue weighted by atomic mass is 79.9. The average Bonchev–Trinajstić information content (AvgIpc) is 2.98. The molecule has 126 valence electrons. The van der Waals surface area contributed by atoms with E-state index in [2.05, 4.69) is 26.6 Å². The van der Waals surface area contributed by atoms with Crippen LogP contribution in [0.4, 0.5) is 5.69 Å². The summed E-state index contributed by atoms with van der Waals surface area (Å²) in [4.78, 5) is 24.1. The molecule has 4 N–H and O–H groups in total. The summed E-state index contributed by atoms with van der Waals surface area (Å²) < 4.78 is 0.978. The van der Waals surface area contributed by atoms with E-state index in [1.165, 1.54) is 0 Å². The van der Waals surface area contributed by atoms with Crippen LogP contribution >= 0.6 is 15.9 Å². The van der Waals surface area contributed by atoms with Crippen molar-refractivity contribution in [3.63, 3.8) is 0 Å². The Morgan fingerprint density at radius 1 is 1.35 bits per heavy atom. The molecule has 0 saturated heterocycles. The average molecular weight is 382 g/mol. The maximum absolute atomic E-state index is 12.1. The Balaban J connectivity index is 1.75. The molecule has 0 radical (unpaired) electrons. The van der Waals surface area contributed by atoms with Crippen LogP contribution in [0.15, 0.2) is 22.7 Å². The number of carbonyl (C=O) groups is 2. The van der Waals surface area contributed by atoms with Gasteiger partial charge in [0.15, 0.2) is 0 Å². The lowest BCUT2D eigenvalue weighted by atomic mass is 9.95. The molecule has 2 rings (SSSR count). The molecule has 0 spiro atoms. The maximum atomic E-state index is 12.1. The first-order valence-corrected chi connectivity index (χ1v) is 8.84. The summed E-state index contributed by atoms with van der Waals surface area (Å²) in [5.74, 6) is 0.231. The molecule has 0 aromatic heterocycles. The molecule has 0 aliphatic heterocycles. The largest absolute Gasteiger partial charge is 0.355 e. The first kappa shape index (κ1) is 17.9. The van der Waals surface area contributed by atoms with E-state index < -0.39 is 0 Å². The lowest BCUT2D eigenvalue weighted by molar-refractivity contribution is -0.126. The number of nitrogens with one attached hydrogen (secondary N) is 2. The minimum Gasteiger partial charge on any atom is -0.355 e. The Labute approximate surface area is 145 Å². The topological polar surface area (TPSA) is 84.2 Å². The van der Waals surface area contributed by atoms with E-state index in [0.717, 1.165) is 35.0 Å². The van der Waals surface area contributed by atoms with Crippen LogP contribution in [0.2, 0.25) is 0 Å². The minimum absolute atomic E-state index is 0.0109. The van der Waals surface area contributed by atoms with Crippen LogP contribution in [-0.2, 0) is 9.59 Å². The molecule has 23 heavy (non-hydrogen) atoms. The van der Waals surface area contributed by atoms with Gasteiger partial charge in [-0.25, -0.2) is 0 Å².